The number of hydrogen-bond acceptors (Lipinski definition) is 4. The third kappa shape index (κ3) is 4.11. The Morgan fingerprint density at radius 3 is 2.71 bits per heavy atom. The SMILES string of the molecule is CC1SCCN(C(=O)COc2ccc(C(N)=S)cc2)C1C. The number of rotatable bonds is 4. The predicted molar refractivity (Wildman–Crippen MR) is 90.9 cm³/mol. The van der Waals surface area contributed by atoms with Crippen LogP contribution < -0.4 is 10.5 Å². The summed E-state index contributed by atoms with van der Waals surface area (Å²) in [6.45, 7) is 5.10. The summed E-state index contributed by atoms with van der Waals surface area (Å²) in [7, 11) is 0. The normalized spacial score (nSPS) is 21.9. The van der Waals surface area contributed by atoms with Gasteiger partial charge in [-0.1, -0.05) is 19.1 Å². The zero-order valence-corrected chi connectivity index (χ0v) is 13.9. The summed E-state index contributed by atoms with van der Waals surface area (Å²) < 4.78 is 5.56. The fraction of sp³-hybridized carbons (Fsp3) is 0.467. The van der Waals surface area contributed by atoms with Gasteiger partial charge in [-0.05, 0) is 31.2 Å². The fourth-order valence-electron chi connectivity index (χ4n) is 2.23. The molecule has 114 valence electrons. The lowest BCUT2D eigenvalue weighted by atomic mass is 10.2. The van der Waals surface area contributed by atoms with Crippen molar-refractivity contribution in [2.24, 2.45) is 5.73 Å². The van der Waals surface area contributed by atoms with Gasteiger partial charge in [-0.15, -0.1) is 0 Å². The lowest BCUT2D eigenvalue weighted by molar-refractivity contribution is -0.135. The molecule has 21 heavy (non-hydrogen) atoms. The number of thiocarbonyl (C=S) groups is 1. The Labute approximate surface area is 135 Å². The summed E-state index contributed by atoms with van der Waals surface area (Å²) in [6.07, 6.45) is 0. The van der Waals surface area contributed by atoms with Crippen LogP contribution in [0.4, 0.5) is 0 Å². The van der Waals surface area contributed by atoms with Gasteiger partial charge in [0.05, 0.1) is 0 Å². The molecular formula is C15H20N2O2S2. The third-order valence-corrected chi connectivity index (χ3v) is 5.28. The van der Waals surface area contributed by atoms with Crippen LogP contribution in [0.5, 0.6) is 5.75 Å². The molecule has 2 rings (SSSR count). The Morgan fingerprint density at radius 2 is 2.10 bits per heavy atom. The molecule has 6 heteroatoms. The first kappa shape index (κ1) is 16.1. The van der Waals surface area contributed by atoms with Crippen LogP contribution in [0.1, 0.15) is 19.4 Å². The van der Waals surface area contributed by atoms with E-state index in [9.17, 15) is 4.79 Å². The van der Waals surface area contributed by atoms with Crippen molar-refractivity contribution >= 4 is 34.9 Å². The van der Waals surface area contributed by atoms with E-state index < -0.39 is 0 Å². The smallest absolute Gasteiger partial charge is 0.260 e. The Bertz CT molecular complexity index is 519. The molecule has 1 fully saturated rings. The predicted octanol–water partition coefficient (Wildman–Crippen LogP) is 2.05. The van der Waals surface area contributed by atoms with E-state index in [0.29, 0.717) is 16.0 Å². The van der Waals surface area contributed by atoms with E-state index in [2.05, 4.69) is 13.8 Å². The second kappa shape index (κ2) is 7.13. The average molecular weight is 324 g/mol. The van der Waals surface area contributed by atoms with Gasteiger partial charge >= 0.3 is 0 Å². The molecule has 2 atom stereocenters. The highest BCUT2D eigenvalue weighted by Crippen LogP contribution is 2.24. The highest BCUT2D eigenvalue weighted by Gasteiger charge is 2.28. The zero-order valence-electron chi connectivity index (χ0n) is 12.2. The molecule has 0 aromatic heterocycles. The van der Waals surface area contributed by atoms with E-state index in [1.807, 2.05) is 16.7 Å². The Balaban J connectivity index is 1.90. The highest BCUT2D eigenvalue weighted by atomic mass is 32.2. The topological polar surface area (TPSA) is 55.6 Å². The van der Waals surface area contributed by atoms with Gasteiger partial charge in [0.15, 0.2) is 6.61 Å². The van der Waals surface area contributed by atoms with E-state index >= 15 is 0 Å². The van der Waals surface area contributed by atoms with Crippen LogP contribution in [0.25, 0.3) is 0 Å². The van der Waals surface area contributed by atoms with Crippen LogP contribution in [0.2, 0.25) is 0 Å². The lowest BCUT2D eigenvalue weighted by Crippen LogP contribution is -2.49. The molecule has 0 aliphatic carbocycles. The van der Waals surface area contributed by atoms with Gasteiger partial charge in [0, 0.05) is 29.2 Å². The number of nitrogens with two attached hydrogens (primary N) is 1. The van der Waals surface area contributed by atoms with E-state index in [-0.39, 0.29) is 18.6 Å². The second-order valence-electron chi connectivity index (χ2n) is 5.08. The van der Waals surface area contributed by atoms with Crippen molar-refractivity contribution in [3.8, 4) is 5.75 Å². The molecule has 4 nitrogen and oxygen atoms in total. The largest absolute Gasteiger partial charge is 0.484 e. The van der Waals surface area contributed by atoms with Crippen LogP contribution in [0.3, 0.4) is 0 Å². The van der Waals surface area contributed by atoms with Gasteiger partial charge in [0.2, 0.25) is 0 Å². The number of nitrogens with zero attached hydrogens (tertiary/aromatic N) is 1. The van der Waals surface area contributed by atoms with Crippen molar-refractivity contribution in [1.29, 1.82) is 0 Å². The van der Waals surface area contributed by atoms with Crippen molar-refractivity contribution in [3.63, 3.8) is 0 Å². The van der Waals surface area contributed by atoms with Crippen molar-refractivity contribution in [1.82, 2.24) is 4.90 Å². The minimum absolute atomic E-state index is 0.0353. The molecule has 2 N–H and O–H groups in total. The molecule has 2 unspecified atom stereocenters. The molecule has 0 saturated carbocycles. The second-order valence-corrected chi connectivity index (χ2v) is 7.01. The van der Waals surface area contributed by atoms with Crippen LogP contribution in [-0.2, 0) is 4.79 Å². The molecule has 1 aliphatic rings. The van der Waals surface area contributed by atoms with Crippen LogP contribution in [0, 0.1) is 0 Å². The number of amides is 1. The third-order valence-electron chi connectivity index (χ3n) is 3.71. The molecule has 1 aromatic rings. The maximum absolute atomic E-state index is 12.3. The quantitative estimate of drug-likeness (QED) is 0.859. The van der Waals surface area contributed by atoms with Crippen molar-refractivity contribution in [2.75, 3.05) is 18.9 Å². The minimum atomic E-state index is 0.0353. The number of carbonyl (C=O) groups excluding carboxylic acids is 1. The molecule has 1 aromatic carbocycles. The van der Waals surface area contributed by atoms with E-state index in [4.69, 9.17) is 22.7 Å². The van der Waals surface area contributed by atoms with Gasteiger partial charge in [0.1, 0.15) is 10.7 Å². The summed E-state index contributed by atoms with van der Waals surface area (Å²) in [5.41, 5.74) is 6.33. The standard InChI is InChI=1S/C15H20N2O2S2/c1-10-11(2)21-8-7-17(10)14(18)9-19-13-5-3-12(4-6-13)15(16)20/h3-6,10-11H,7-9H2,1-2H3,(H2,16,20). The first-order valence-corrected chi connectivity index (χ1v) is 8.38. The van der Waals surface area contributed by atoms with Crippen molar-refractivity contribution in [3.05, 3.63) is 29.8 Å². The van der Waals surface area contributed by atoms with Gasteiger partial charge in [-0.2, -0.15) is 11.8 Å². The first-order chi connectivity index (χ1) is 9.99. The minimum Gasteiger partial charge on any atom is -0.484 e. The Kier molecular flexibility index (Phi) is 5.47. The molecule has 1 aliphatic heterocycles. The first-order valence-electron chi connectivity index (χ1n) is 6.93. The maximum Gasteiger partial charge on any atom is 0.260 e. The molecule has 0 spiro atoms. The van der Waals surface area contributed by atoms with Gasteiger partial charge in [-0.25, -0.2) is 0 Å². The number of hydrogen-bond donors (Lipinski definition) is 1. The zero-order chi connectivity index (χ0) is 15.4. The van der Waals surface area contributed by atoms with E-state index in [1.54, 1.807) is 24.3 Å². The van der Waals surface area contributed by atoms with Crippen LogP contribution in [0.15, 0.2) is 24.3 Å². The van der Waals surface area contributed by atoms with Crippen LogP contribution >= 0.6 is 24.0 Å². The summed E-state index contributed by atoms with van der Waals surface area (Å²) in [5.74, 6) is 1.67. The van der Waals surface area contributed by atoms with Gasteiger partial charge in [0.25, 0.3) is 5.91 Å². The molecule has 0 bridgehead atoms. The Morgan fingerprint density at radius 1 is 1.43 bits per heavy atom. The fourth-order valence-corrected chi connectivity index (χ4v) is 3.46. The molecule has 0 radical (unpaired) electrons. The Hall–Kier alpha value is -1.27. The van der Waals surface area contributed by atoms with Gasteiger partial charge < -0.3 is 15.4 Å². The van der Waals surface area contributed by atoms with E-state index in [1.165, 1.54) is 0 Å². The summed E-state index contributed by atoms with van der Waals surface area (Å²) in [6, 6.07) is 7.39. The van der Waals surface area contributed by atoms with Gasteiger partial charge in [-0.3, -0.25) is 4.79 Å². The molecule has 1 amide bonds. The summed E-state index contributed by atoms with van der Waals surface area (Å²) in [5, 5.41) is 0.465. The molecule has 1 heterocycles. The van der Waals surface area contributed by atoms with E-state index in [0.717, 1.165) is 17.9 Å². The van der Waals surface area contributed by atoms with Crippen LogP contribution in [-0.4, -0.2) is 46.0 Å². The highest BCUT2D eigenvalue weighted by molar-refractivity contribution is 8.00. The summed E-state index contributed by atoms with van der Waals surface area (Å²) in [4.78, 5) is 14.5. The number of benzene rings is 1. The monoisotopic (exact) mass is 324 g/mol. The number of ether oxygens (including phenoxy) is 1. The number of carbonyl (C=O) groups is 1. The van der Waals surface area contributed by atoms with Crippen molar-refractivity contribution < 1.29 is 9.53 Å². The molecular weight excluding hydrogens is 304 g/mol. The summed E-state index contributed by atoms with van der Waals surface area (Å²) >= 11 is 6.80. The maximum atomic E-state index is 12.3. The molecule has 1 saturated heterocycles. The average Bonchev–Trinajstić information content (AvgIpc) is 2.48. The number of thioether (sulfide) groups is 1. The van der Waals surface area contributed by atoms with Crippen molar-refractivity contribution in [2.45, 2.75) is 25.1 Å². The lowest BCUT2D eigenvalue weighted by Gasteiger charge is -2.37.